The highest BCUT2D eigenvalue weighted by Crippen LogP contribution is 2.64. The third-order valence-corrected chi connectivity index (χ3v) is 9.50. The second-order valence-electron chi connectivity index (χ2n) is 13.5. The zero-order valence-electron chi connectivity index (χ0n) is 22.7. The Hall–Kier alpha value is -1.06. The van der Waals surface area contributed by atoms with Gasteiger partial charge in [-0.15, -0.1) is 0 Å². The Morgan fingerprint density at radius 3 is 1.91 bits per heavy atom. The normalized spacial score (nSPS) is 31.0. The van der Waals surface area contributed by atoms with Crippen LogP contribution in [0.15, 0.2) is 0 Å². The van der Waals surface area contributed by atoms with Crippen LogP contribution in [0.5, 0.6) is 0 Å². The van der Waals surface area contributed by atoms with E-state index >= 15 is 0 Å². The summed E-state index contributed by atoms with van der Waals surface area (Å²) in [5.74, 6) is 1.84. The van der Waals surface area contributed by atoms with Crippen molar-refractivity contribution < 1.29 is 19.1 Å². The predicted molar refractivity (Wildman–Crippen MR) is 133 cm³/mol. The summed E-state index contributed by atoms with van der Waals surface area (Å²) in [6, 6.07) is 0. The molecule has 5 unspecified atom stereocenters. The number of carbonyl (C=O) groups is 2. The molecule has 0 heterocycles. The van der Waals surface area contributed by atoms with Gasteiger partial charge in [0, 0.05) is 0 Å². The molecule has 3 fully saturated rings. The second kappa shape index (κ2) is 9.90. The quantitative estimate of drug-likeness (QED) is 0.376. The average molecular weight is 463 g/mol. The van der Waals surface area contributed by atoms with Crippen LogP contribution in [0.2, 0.25) is 0 Å². The monoisotopic (exact) mass is 462 g/mol. The van der Waals surface area contributed by atoms with Gasteiger partial charge >= 0.3 is 11.9 Å². The number of rotatable bonds is 7. The molecule has 3 aliphatic rings. The summed E-state index contributed by atoms with van der Waals surface area (Å²) in [5.41, 5.74) is -0.0243. The zero-order valence-corrected chi connectivity index (χ0v) is 22.7. The van der Waals surface area contributed by atoms with E-state index in [1.54, 1.807) is 0 Å². The molecule has 4 nitrogen and oxygen atoms in total. The summed E-state index contributed by atoms with van der Waals surface area (Å²) in [7, 11) is 0. The molecule has 0 aromatic heterocycles. The highest BCUT2D eigenvalue weighted by atomic mass is 16.6. The lowest BCUT2D eigenvalue weighted by molar-refractivity contribution is -0.180. The minimum Gasteiger partial charge on any atom is -0.456 e. The van der Waals surface area contributed by atoms with E-state index in [1.807, 2.05) is 0 Å². The maximum absolute atomic E-state index is 13.1. The minimum atomic E-state index is -0.409. The number of hydrogen-bond donors (Lipinski definition) is 0. The van der Waals surface area contributed by atoms with E-state index in [-0.39, 0.29) is 35.3 Å². The van der Waals surface area contributed by atoms with E-state index < -0.39 is 5.60 Å². The lowest BCUT2D eigenvalue weighted by Crippen LogP contribution is -2.45. The maximum atomic E-state index is 13.1. The molecule has 0 N–H and O–H groups in total. The zero-order chi connectivity index (χ0) is 24.6. The Bertz CT molecular complexity index is 687. The average Bonchev–Trinajstić information content (AvgIpc) is 3.35. The summed E-state index contributed by atoms with van der Waals surface area (Å²) in [5, 5.41) is 0. The van der Waals surface area contributed by atoms with Crippen LogP contribution in [0.1, 0.15) is 113 Å². The molecule has 0 saturated heterocycles. The highest BCUT2D eigenvalue weighted by Gasteiger charge is 2.60. The van der Waals surface area contributed by atoms with Crippen molar-refractivity contribution in [1.29, 1.82) is 0 Å². The van der Waals surface area contributed by atoms with Gasteiger partial charge in [-0.05, 0) is 78.9 Å². The van der Waals surface area contributed by atoms with Gasteiger partial charge in [0.05, 0.1) is 5.92 Å². The van der Waals surface area contributed by atoms with Gasteiger partial charge in [0.1, 0.15) is 5.60 Å². The summed E-state index contributed by atoms with van der Waals surface area (Å²) >= 11 is 0. The maximum Gasteiger partial charge on any atom is 0.344 e. The van der Waals surface area contributed by atoms with Gasteiger partial charge in [-0.3, -0.25) is 4.79 Å². The van der Waals surface area contributed by atoms with E-state index in [2.05, 4.69) is 55.4 Å². The lowest BCUT2D eigenvalue weighted by Gasteiger charge is -2.48. The third-order valence-electron chi connectivity index (χ3n) is 9.50. The topological polar surface area (TPSA) is 52.6 Å². The molecule has 5 atom stereocenters. The first-order valence-electron chi connectivity index (χ1n) is 13.7. The molecule has 3 rings (SSSR count). The van der Waals surface area contributed by atoms with Crippen LogP contribution in [-0.2, 0) is 19.1 Å². The number of fused-ring (bicyclic) bond motifs is 2. The Balaban J connectivity index is 1.61. The summed E-state index contributed by atoms with van der Waals surface area (Å²) in [4.78, 5) is 26.0. The number of hydrogen-bond acceptors (Lipinski definition) is 4. The van der Waals surface area contributed by atoms with E-state index in [0.29, 0.717) is 29.6 Å². The fourth-order valence-electron chi connectivity index (χ4n) is 8.24. The first-order valence-corrected chi connectivity index (χ1v) is 13.7. The molecular formula is C29H50O4. The summed E-state index contributed by atoms with van der Waals surface area (Å²) in [6.45, 7) is 18.0. The molecule has 4 heteroatoms. The third kappa shape index (κ3) is 5.45. The first kappa shape index (κ1) is 26.5. The van der Waals surface area contributed by atoms with E-state index in [1.165, 1.54) is 19.3 Å². The smallest absolute Gasteiger partial charge is 0.344 e. The van der Waals surface area contributed by atoms with Crippen molar-refractivity contribution in [2.24, 2.45) is 46.3 Å². The van der Waals surface area contributed by atoms with Gasteiger partial charge in [0.15, 0.2) is 6.61 Å². The second-order valence-corrected chi connectivity index (χ2v) is 13.5. The van der Waals surface area contributed by atoms with Gasteiger partial charge < -0.3 is 9.47 Å². The summed E-state index contributed by atoms with van der Waals surface area (Å²) in [6.07, 6.45) is 9.63. The van der Waals surface area contributed by atoms with Crippen LogP contribution in [0, 0.1) is 46.3 Å². The van der Waals surface area contributed by atoms with Gasteiger partial charge in [0.2, 0.25) is 0 Å². The molecule has 0 amide bonds. The van der Waals surface area contributed by atoms with Gasteiger partial charge in [-0.1, -0.05) is 74.7 Å². The van der Waals surface area contributed by atoms with Crippen molar-refractivity contribution >= 4 is 11.9 Å². The molecule has 190 valence electrons. The summed E-state index contributed by atoms with van der Waals surface area (Å²) < 4.78 is 11.7. The van der Waals surface area contributed by atoms with Crippen molar-refractivity contribution in [2.75, 3.05) is 6.61 Å². The Labute approximate surface area is 202 Å². The standard InChI is InChI=1S/C29H50O4/c1-9-29(10-2,20-14-12-11-13-15-20)33-23(30)18-32-26(31)22-17-19-16-21(22)25(28(6,7)8)24(19)27(3,4)5/h19-22,24-25H,9-18H2,1-8H3. The SMILES string of the molecule is CCC(CC)(OC(=O)COC(=O)C1CC2CC1C(C(C)(C)C)C2C(C)(C)C)C1CCCCC1. The van der Waals surface area contributed by atoms with E-state index in [4.69, 9.17) is 9.47 Å². The number of esters is 2. The van der Waals surface area contributed by atoms with Gasteiger partial charge in [-0.2, -0.15) is 0 Å². The van der Waals surface area contributed by atoms with Gasteiger partial charge in [-0.25, -0.2) is 4.79 Å². The van der Waals surface area contributed by atoms with Crippen molar-refractivity contribution in [2.45, 2.75) is 119 Å². The van der Waals surface area contributed by atoms with Crippen LogP contribution >= 0.6 is 0 Å². The molecule has 0 aromatic rings. The molecule has 0 aliphatic heterocycles. The largest absolute Gasteiger partial charge is 0.456 e. The Kier molecular flexibility index (Phi) is 7.96. The fraction of sp³-hybridized carbons (Fsp3) is 0.931. The highest BCUT2D eigenvalue weighted by molar-refractivity contribution is 5.78. The van der Waals surface area contributed by atoms with E-state index in [9.17, 15) is 9.59 Å². The van der Waals surface area contributed by atoms with Crippen molar-refractivity contribution in [1.82, 2.24) is 0 Å². The predicted octanol–water partition coefficient (Wildman–Crippen LogP) is 7.19. The van der Waals surface area contributed by atoms with Crippen LogP contribution in [-0.4, -0.2) is 24.1 Å². The first-order chi connectivity index (χ1) is 15.3. The van der Waals surface area contributed by atoms with Crippen LogP contribution < -0.4 is 0 Å². The minimum absolute atomic E-state index is 0.0777. The Morgan fingerprint density at radius 2 is 1.39 bits per heavy atom. The number of ether oxygens (including phenoxy) is 2. The Morgan fingerprint density at radius 1 is 0.818 bits per heavy atom. The van der Waals surface area contributed by atoms with Crippen LogP contribution in [0.4, 0.5) is 0 Å². The van der Waals surface area contributed by atoms with Crippen molar-refractivity contribution in [3.8, 4) is 0 Å². The lowest BCUT2D eigenvalue weighted by atomic mass is 9.57. The van der Waals surface area contributed by atoms with Crippen molar-refractivity contribution in [3.05, 3.63) is 0 Å². The molecule has 3 aliphatic carbocycles. The molecule has 0 aromatic carbocycles. The molecule has 2 bridgehead atoms. The molecule has 0 radical (unpaired) electrons. The molecule has 3 saturated carbocycles. The number of carbonyl (C=O) groups excluding carboxylic acids is 2. The van der Waals surface area contributed by atoms with E-state index in [0.717, 1.165) is 38.5 Å². The molecular weight excluding hydrogens is 412 g/mol. The fourth-order valence-corrected chi connectivity index (χ4v) is 8.24. The molecule has 33 heavy (non-hydrogen) atoms. The van der Waals surface area contributed by atoms with Gasteiger partial charge in [0.25, 0.3) is 0 Å². The molecule has 0 spiro atoms. The van der Waals surface area contributed by atoms with Crippen LogP contribution in [0.3, 0.4) is 0 Å². The van der Waals surface area contributed by atoms with Crippen molar-refractivity contribution in [3.63, 3.8) is 0 Å². The van der Waals surface area contributed by atoms with Crippen LogP contribution in [0.25, 0.3) is 0 Å².